The Labute approximate surface area is 180 Å². The molecule has 0 bridgehead atoms. The number of nitrogens with zero attached hydrogens (tertiary/aromatic N) is 2. The van der Waals surface area contributed by atoms with Crippen LogP contribution >= 0.6 is 0 Å². The molecule has 1 aromatic carbocycles. The van der Waals surface area contributed by atoms with Gasteiger partial charge in [0.25, 0.3) is 11.5 Å². The Morgan fingerprint density at radius 3 is 2.48 bits per heavy atom. The summed E-state index contributed by atoms with van der Waals surface area (Å²) < 4.78 is 0. The Kier molecular flexibility index (Phi) is 6.21. The maximum absolute atomic E-state index is 12.9. The minimum absolute atomic E-state index is 0.0130. The molecule has 3 aromatic rings. The summed E-state index contributed by atoms with van der Waals surface area (Å²) in [7, 11) is 0. The van der Waals surface area contributed by atoms with Gasteiger partial charge < -0.3 is 15.2 Å². The Bertz CT molecular complexity index is 1100. The quantitative estimate of drug-likeness (QED) is 0.668. The summed E-state index contributed by atoms with van der Waals surface area (Å²) in [4.78, 5) is 46.3. The molecule has 0 atom stereocenters. The lowest BCUT2D eigenvalue weighted by atomic mass is 9.95. The van der Waals surface area contributed by atoms with E-state index in [1.54, 1.807) is 29.4 Å². The second kappa shape index (κ2) is 9.38. The average molecular weight is 416 g/mol. The lowest BCUT2D eigenvalue weighted by Crippen LogP contribution is -2.44. The van der Waals surface area contributed by atoms with Crippen LogP contribution in [0.15, 0.2) is 71.8 Å². The minimum Gasteiger partial charge on any atom is -0.352 e. The molecule has 2 aromatic heterocycles. The first-order valence-electron chi connectivity index (χ1n) is 10.4. The fraction of sp³-hybridized carbons (Fsp3) is 0.250. The summed E-state index contributed by atoms with van der Waals surface area (Å²) in [5.74, 6) is -0.449. The van der Waals surface area contributed by atoms with Gasteiger partial charge in [0.05, 0.1) is 0 Å². The van der Waals surface area contributed by atoms with Crippen molar-refractivity contribution < 1.29 is 9.59 Å². The van der Waals surface area contributed by atoms with Crippen molar-refractivity contribution in [3.8, 4) is 11.3 Å². The van der Waals surface area contributed by atoms with Crippen LogP contribution in [0.5, 0.6) is 0 Å². The van der Waals surface area contributed by atoms with Crippen molar-refractivity contribution in [3.05, 3.63) is 88.5 Å². The number of likely N-dealkylation sites (tertiary alicyclic amines) is 1. The maximum Gasteiger partial charge on any atom is 0.261 e. The molecule has 0 saturated carbocycles. The first-order chi connectivity index (χ1) is 15.1. The largest absolute Gasteiger partial charge is 0.352 e. The van der Waals surface area contributed by atoms with Crippen molar-refractivity contribution in [2.75, 3.05) is 13.1 Å². The number of hydrogen-bond donors (Lipinski definition) is 2. The van der Waals surface area contributed by atoms with Crippen molar-refractivity contribution in [1.82, 2.24) is 20.2 Å². The highest BCUT2D eigenvalue weighted by Gasteiger charge is 2.28. The van der Waals surface area contributed by atoms with Gasteiger partial charge in [-0.15, -0.1) is 0 Å². The van der Waals surface area contributed by atoms with Gasteiger partial charge in [-0.05, 0) is 42.2 Å². The number of hydrogen-bond acceptors (Lipinski definition) is 4. The Morgan fingerprint density at radius 1 is 1.03 bits per heavy atom. The number of pyridine rings is 2. The van der Waals surface area contributed by atoms with E-state index in [0.717, 1.165) is 11.1 Å². The van der Waals surface area contributed by atoms with Crippen LogP contribution in [0.1, 0.15) is 28.8 Å². The number of benzene rings is 1. The van der Waals surface area contributed by atoms with Crippen LogP contribution in [0.25, 0.3) is 11.3 Å². The predicted molar refractivity (Wildman–Crippen MR) is 117 cm³/mol. The number of carbonyl (C=O) groups excluding carboxylic acids is 2. The molecular formula is C24H24N4O3. The summed E-state index contributed by atoms with van der Waals surface area (Å²) >= 11 is 0. The zero-order chi connectivity index (χ0) is 21.6. The first kappa shape index (κ1) is 20.5. The summed E-state index contributed by atoms with van der Waals surface area (Å²) in [6.45, 7) is 1.34. The van der Waals surface area contributed by atoms with E-state index >= 15 is 0 Å². The summed E-state index contributed by atoms with van der Waals surface area (Å²) in [6, 6.07) is 16.6. The van der Waals surface area contributed by atoms with Crippen LogP contribution in [0.2, 0.25) is 0 Å². The molecule has 1 aliphatic rings. The molecule has 158 valence electrons. The number of H-pyrrole nitrogens is 1. The Hall–Kier alpha value is -3.74. The Balaban J connectivity index is 1.34. The van der Waals surface area contributed by atoms with Crippen molar-refractivity contribution in [3.63, 3.8) is 0 Å². The maximum atomic E-state index is 12.9. The van der Waals surface area contributed by atoms with Crippen LogP contribution in [0.4, 0.5) is 0 Å². The van der Waals surface area contributed by atoms with Gasteiger partial charge in [0.1, 0.15) is 5.56 Å². The molecule has 4 rings (SSSR count). The van der Waals surface area contributed by atoms with Crippen molar-refractivity contribution in [1.29, 1.82) is 0 Å². The molecule has 0 aliphatic carbocycles. The van der Waals surface area contributed by atoms with Crippen LogP contribution in [-0.4, -0.2) is 39.8 Å². The second-order valence-corrected chi connectivity index (χ2v) is 7.63. The van der Waals surface area contributed by atoms with E-state index in [2.05, 4.69) is 15.3 Å². The Morgan fingerprint density at radius 2 is 1.81 bits per heavy atom. The van der Waals surface area contributed by atoms with E-state index < -0.39 is 5.56 Å². The molecule has 1 saturated heterocycles. The zero-order valence-electron chi connectivity index (χ0n) is 17.1. The summed E-state index contributed by atoms with van der Waals surface area (Å²) in [5.41, 5.74) is 2.23. The number of rotatable bonds is 5. The van der Waals surface area contributed by atoms with Gasteiger partial charge in [-0.1, -0.05) is 36.4 Å². The predicted octanol–water partition coefficient (Wildman–Crippen LogP) is 2.61. The van der Waals surface area contributed by atoms with Gasteiger partial charge in [0.15, 0.2) is 0 Å². The third kappa shape index (κ3) is 4.88. The molecular weight excluding hydrogens is 392 g/mol. The number of carbonyl (C=O) groups is 2. The van der Waals surface area contributed by atoms with E-state index in [0.29, 0.717) is 38.2 Å². The minimum atomic E-state index is -0.400. The molecule has 2 amide bonds. The highest BCUT2D eigenvalue weighted by atomic mass is 16.2. The van der Waals surface area contributed by atoms with E-state index in [-0.39, 0.29) is 23.3 Å². The molecule has 0 unspecified atom stereocenters. The van der Waals surface area contributed by atoms with Crippen LogP contribution in [-0.2, 0) is 11.3 Å². The monoisotopic (exact) mass is 416 g/mol. The molecule has 1 aliphatic heterocycles. The number of amides is 2. The van der Waals surface area contributed by atoms with Crippen molar-refractivity contribution in [2.24, 2.45) is 5.92 Å². The number of aromatic amines is 1. The van der Waals surface area contributed by atoms with Crippen molar-refractivity contribution >= 4 is 11.8 Å². The third-order valence-corrected chi connectivity index (χ3v) is 5.57. The van der Waals surface area contributed by atoms with E-state index in [4.69, 9.17) is 0 Å². The molecule has 0 radical (unpaired) electrons. The van der Waals surface area contributed by atoms with Gasteiger partial charge in [0.2, 0.25) is 5.91 Å². The van der Waals surface area contributed by atoms with Crippen LogP contribution < -0.4 is 10.9 Å². The van der Waals surface area contributed by atoms with E-state index in [9.17, 15) is 14.4 Å². The molecule has 7 heteroatoms. The normalized spacial score (nSPS) is 14.3. The van der Waals surface area contributed by atoms with E-state index in [1.807, 2.05) is 42.5 Å². The van der Waals surface area contributed by atoms with Crippen LogP contribution in [0.3, 0.4) is 0 Å². The highest BCUT2D eigenvalue weighted by Crippen LogP contribution is 2.20. The molecule has 31 heavy (non-hydrogen) atoms. The molecule has 0 spiro atoms. The number of nitrogens with one attached hydrogen (secondary N) is 2. The molecule has 1 fully saturated rings. The third-order valence-electron chi connectivity index (χ3n) is 5.57. The standard InChI is InChI=1S/C24H24N4O3/c29-22(26-16-17-5-4-12-25-15-17)19-10-13-28(14-11-19)24(31)20-8-9-21(27-23(20)30)18-6-2-1-3-7-18/h1-9,12,15,19H,10-11,13-14,16H2,(H,26,29)(H,27,30). The number of aromatic nitrogens is 2. The number of piperidine rings is 1. The van der Waals surface area contributed by atoms with Gasteiger partial charge in [0, 0.05) is 43.6 Å². The lowest BCUT2D eigenvalue weighted by molar-refractivity contribution is -0.126. The molecule has 7 nitrogen and oxygen atoms in total. The smallest absolute Gasteiger partial charge is 0.261 e. The lowest BCUT2D eigenvalue weighted by Gasteiger charge is -2.31. The second-order valence-electron chi connectivity index (χ2n) is 7.63. The van der Waals surface area contributed by atoms with Gasteiger partial charge in [-0.3, -0.25) is 19.4 Å². The summed E-state index contributed by atoms with van der Waals surface area (Å²) in [6.07, 6.45) is 4.57. The van der Waals surface area contributed by atoms with Crippen molar-refractivity contribution in [2.45, 2.75) is 19.4 Å². The SMILES string of the molecule is O=C(NCc1cccnc1)C1CCN(C(=O)c2ccc(-c3ccccc3)[nH]c2=O)CC1. The topological polar surface area (TPSA) is 95.2 Å². The van der Waals surface area contributed by atoms with Gasteiger partial charge >= 0.3 is 0 Å². The van der Waals surface area contributed by atoms with Gasteiger partial charge in [-0.25, -0.2) is 0 Å². The first-order valence-corrected chi connectivity index (χ1v) is 10.4. The van der Waals surface area contributed by atoms with Gasteiger partial charge in [-0.2, -0.15) is 0 Å². The molecule has 3 heterocycles. The summed E-state index contributed by atoms with van der Waals surface area (Å²) in [5, 5.41) is 2.94. The van der Waals surface area contributed by atoms with Crippen LogP contribution in [0, 0.1) is 5.92 Å². The van der Waals surface area contributed by atoms with E-state index in [1.165, 1.54) is 0 Å². The fourth-order valence-corrected chi connectivity index (χ4v) is 3.78. The zero-order valence-corrected chi connectivity index (χ0v) is 17.1. The fourth-order valence-electron chi connectivity index (χ4n) is 3.78. The highest BCUT2D eigenvalue weighted by molar-refractivity contribution is 5.94. The average Bonchev–Trinajstić information content (AvgIpc) is 2.83. The molecule has 2 N–H and O–H groups in total.